The summed E-state index contributed by atoms with van der Waals surface area (Å²) in [6.45, 7) is 1.72. The van der Waals surface area contributed by atoms with E-state index in [2.05, 4.69) is 5.10 Å². The van der Waals surface area contributed by atoms with Gasteiger partial charge in [-0.05, 0) is 50.2 Å². The van der Waals surface area contributed by atoms with Crippen molar-refractivity contribution in [1.82, 2.24) is 19.6 Å². The maximum atomic E-state index is 13.7. The van der Waals surface area contributed by atoms with Gasteiger partial charge in [0, 0.05) is 25.6 Å². The Hall–Kier alpha value is -2.88. The zero-order chi connectivity index (χ0) is 24.7. The van der Waals surface area contributed by atoms with Gasteiger partial charge in [0.25, 0.3) is 5.91 Å². The lowest BCUT2D eigenvalue weighted by Crippen LogP contribution is -2.38. The SMILES string of the molecule is O=C(O)CN1CCC(n2ncc(C(=O)N3CCCC3c3ccccc3C(F)(F)F)c2C2CC2)CC1. The highest BCUT2D eigenvalue weighted by molar-refractivity contribution is 5.96. The van der Waals surface area contributed by atoms with Crippen LogP contribution >= 0.6 is 0 Å². The average molecular weight is 491 g/mol. The molecule has 1 saturated carbocycles. The molecule has 0 spiro atoms. The van der Waals surface area contributed by atoms with Crippen LogP contribution in [0.4, 0.5) is 13.2 Å². The van der Waals surface area contributed by atoms with Gasteiger partial charge in [0.15, 0.2) is 0 Å². The van der Waals surface area contributed by atoms with Gasteiger partial charge >= 0.3 is 12.1 Å². The highest BCUT2D eigenvalue weighted by Gasteiger charge is 2.41. The Balaban J connectivity index is 1.40. The fourth-order valence-electron chi connectivity index (χ4n) is 5.64. The molecule has 5 rings (SSSR count). The lowest BCUT2D eigenvalue weighted by Gasteiger charge is -2.32. The van der Waals surface area contributed by atoms with E-state index in [1.54, 1.807) is 17.2 Å². The Morgan fingerprint density at radius 2 is 1.74 bits per heavy atom. The molecule has 35 heavy (non-hydrogen) atoms. The Morgan fingerprint density at radius 3 is 2.40 bits per heavy atom. The fourth-order valence-corrected chi connectivity index (χ4v) is 5.64. The van der Waals surface area contributed by atoms with Crippen molar-refractivity contribution in [3.05, 3.63) is 52.8 Å². The number of amides is 1. The normalized spacial score (nSPS) is 22.0. The summed E-state index contributed by atoms with van der Waals surface area (Å²) in [6.07, 6.45) is 1.67. The van der Waals surface area contributed by atoms with Gasteiger partial charge in [-0.2, -0.15) is 18.3 Å². The fraction of sp³-hybridized carbons (Fsp3) is 0.560. The number of alkyl halides is 3. The van der Waals surface area contributed by atoms with Crippen LogP contribution < -0.4 is 0 Å². The van der Waals surface area contributed by atoms with E-state index in [1.165, 1.54) is 12.1 Å². The Bertz CT molecular complexity index is 1100. The van der Waals surface area contributed by atoms with E-state index < -0.39 is 23.8 Å². The van der Waals surface area contributed by atoms with Crippen molar-refractivity contribution in [3.63, 3.8) is 0 Å². The van der Waals surface area contributed by atoms with Crippen LogP contribution in [0.5, 0.6) is 0 Å². The molecule has 3 heterocycles. The van der Waals surface area contributed by atoms with Gasteiger partial charge in [-0.15, -0.1) is 0 Å². The summed E-state index contributed by atoms with van der Waals surface area (Å²) < 4.78 is 43.0. The molecule has 1 aromatic heterocycles. The molecule has 2 aliphatic heterocycles. The van der Waals surface area contributed by atoms with Crippen LogP contribution in [-0.2, 0) is 11.0 Å². The first-order valence-corrected chi connectivity index (χ1v) is 12.2. The van der Waals surface area contributed by atoms with Crippen molar-refractivity contribution in [2.45, 2.75) is 62.7 Å². The van der Waals surface area contributed by atoms with E-state index in [4.69, 9.17) is 5.11 Å². The molecule has 1 unspecified atom stereocenters. The minimum atomic E-state index is -4.48. The second kappa shape index (κ2) is 9.29. The lowest BCUT2D eigenvalue weighted by molar-refractivity contribution is -0.139. The third-order valence-corrected chi connectivity index (χ3v) is 7.43. The number of aliphatic carboxylic acids is 1. The number of benzene rings is 1. The minimum Gasteiger partial charge on any atom is -0.480 e. The van der Waals surface area contributed by atoms with Gasteiger partial charge in [-0.3, -0.25) is 19.2 Å². The van der Waals surface area contributed by atoms with Crippen LogP contribution in [-0.4, -0.2) is 62.7 Å². The number of likely N-dealkylation sites (tertiary alicyclic amines) is 2. The number of rotatable bonds is 6. The van der Waals surface area contributed by atoms with Gasteiger partial charge in [-0.1, -0.05) is 18.2 Å². The van der Waals surface area contributed by atoms with Crippen LogP contribution in [0, 0.1) is 0 Å². The molecule has 3 aliphatic rings. The molecule has 3 fully saturated rings. The molecule has 0 radical (unpaired) electrons. The lowest BCUT2D eigenvalue weighted by atomic mass is 9.97. The van der Waals surface area contributed by atoms with E-state index in [1.807, 2.05) is 9.58 Å². The van der Waals surface area contributed by atoms with Crippen LogP contribution in [0.3, 0.4) is 0 Å². The quantitative estimate of drug-likeness (QED) is 0.646. The van der Waals surface area contributed by atoms with Crippen LogP contribution in [0.15, 0.2) is 30.5 Å². The maximum absolute atomic E-state index is 13.7. The van der Waals surface area contributed by atoms with E-state index >= 15 is 0 Å². The number of hydrogen-bond donors (Lipinski definition) is 1. The van der Waals surface area contributed by atoms with Gasteiger partial charge in [0.2, 0.25) is 0 Å². The molecule has 10 heteroatoms. The first-order valence-electron chi connectivity index (χ1n) is 12.2. The number of nitrogens with zero attached hydrogens (tertiary/aromatic N) is 4. The molecule has 7 nitrogen and oxygen atoms in total. The zero-order valence-corrected chi connectivity index (χ0v) is 19.4. The summed E-state index contributed by atoms with van der Waals surface area (Å²) in [5, 5.41) is 13.6. The largest absolute Gasteiger partial charge is 0.480 e. The Morgan fingerprint density at radius 1 is 1.03 bits per heavy atom. The smallest absolute Gasteiger partial charge is 0.416 e. The van der Waals surface area contributed by atoms with Gasteiger partial charge in [-0.25, -0.2) is 0 Å². The number of carboxylic acids is 1. The third kappa shape index (κ3) is 4.80. The standard InChI is InChI=1S/C25H29F3N4O3/c26-25(27,28)20-5-2-1-4-18(20)21-6-3-11-31(21)24(35)19-14-29-32(23(19)16-7-8-16)17-9-12-30(13-10-17)15-22(33)34/h1-2,4-5,14,16-17,21H,3,6-13,15H2,(H,33,34). The zero-order valence-electron chi connectivity index (χ0n) is 19.4. The molecule has 1 atom stereocenters. The highest BCUT2D eigenvalue weighted by Crippen LogP contribution is 2.45. The minimum absolute atomic E-state index is 0.0147. The van der Waals surface area contributed by atoms with Crippen LogP contribution in [0.1, 0.15) is 83.7 Å². The summed E-state index contributed by atoms with van der Waals surface area (Å²) in [5.41, 5.74) is 0.853. The summed E-state index contributed by atoms with van der Waals surface area (Å²) in [4.78, 5) is 28.2. The average Bonchev–Trinajstić information content (AvgIpc) is 3.37. The van der Waals surface area contributed by atoms with Crippen LogP contribution in [0.2, 0.25) is 0 Å². The molecule has 0 bridgehead atoms. The van der Waals surface area contributed by atoms with Crippen molar-refractivity contribution < 1.29 is 27.9 Å². The predicted molar refractivity (Wildman–Crippen MR) is 121 cm³/mol. The van der Waals surface area contributed by atoms with E-state index in [0.29, 0.717) is 38.0 Å². The molecule has 1 N–H and O–H groups in total. The molecular formula is C25H29F3N4O3. The first kappa shape index (κ1) is 23.8. The molecular weight excluding hydrogens is 461 g/mol. The number of carboxylic acid groups (broad SMARTS) is 1. The van der Waals surface area contributed by atoms with Crippen molar-refractivity contribution >= 4 is 11.9 Å². The second-order valence-corrected chi connectivity index (χ2v) is 9.80. The third-order valence-electron chi connectivity index (χ3n) is 7.43. The summed E-state index contributed by atoms with van der Waals surface area (Å²) in [5.74, 6) is -0.862. The van der Waals surface area contributed by atoms with Crippen LogP contribution in [0.25, 0.3) is 0 Å². The molecule has 2 saturated heterocycles. The maximum Gasteiger partial charge on any atom is 0.416 e. The second-order valence-electron chi connectivity index (χ2n) is 9.80. The van der Waals surface area contributed by atoms with E-state index in [0.717, 1.165) is 37.4 Å². The van der Waals surface area contributed by atoms with Crippen molar-refractivity contribution in [1.29, 1.82) is 0 Å². The van der Waals surface area contributed by atoms with E-state index in [-0.39, 0.29) is 30.0 Å². The summed E-state index contributed by atoms with van der Waals surface area (Å²) >= 11 is 0. The number of halogens is 3. The van der Waals surface area contributed by atoms with Crippen molar-refractivity contribution in [2.75, 3.05) is 26.2 Å². The topological polar surface area (TPSA) is 78.7 Å². The van der Waals surface area contributed by atoms with Gasteiger partial charge < -0.3 is 10.0 Å². The molecule has 2 aromatic rings. The Labute approximate surface area is 201 Å². The number of carbonyl (C=O) groups is 2. The number of hydrogen-bond acceptors (Lipinski definition) is 4. The number of carbonyl (C=O) groups excluding carboxylic acids is 1. The molecule has 1 aliphatic carbocycles. The monoisotopic (exact) mass is 490 g/mol. The van der Waals surface area contributed by atoms with Crippen molar-refractivity contribution in [2.24, 2.45) is 0 Å². The van der Waals surface area contributed by atoms with E-state index in [9.17, 15) is 22.8 Å². The first-order chi connectivity index (χ1) is 16.7. The molecule has 1 aromatic carbocycles. The molecule has 1 amide bonds. The predicted octanol–water partition coefficient (Wildman–Crippen LogP) is 4.48. The summed E-state index contributed by atoms with van der Waals surface area (Å²) in [7, 11) is 0. The number of aromatic nitrogens is 2. The van der Waals surface area contributed by atoms with Gasteiger partial charge in [0.05, 0.1) is 41.6 Å². The van der Waals surface area contributed by atoms with Gasteiger partial charge in [0.1, 0.15) is 0 Å². The molecule has 188 valence electrons. The summed E-state index contributed by atoms with van der Waals surface area (Å²) in [6, 6.07) is 5.00. The van der Waals surface area contributed by atoms with Crippen molar-refractivity contribution in [3.8, 4) is 0 Å². The highest BCUT2D eigenvalue weighted by atomic mass is 19.4. The Kier molecular flexibility index (Phi) is 6.33. The number of piperidine rings is 1.